The molecule has 1 aliphatic rings. The summed E-state index contributed by atoms with van der Waals surface area (Å²) in [6, 6.07) is 6.91. The highest BCUT2D eigenvalue weighted by atomic mass is 19.1. The molecule has 2 rings (SSSR count). The van der Waals surface area contributed by atoms with Gasteiger partial charge in [-0.05, 0) is 36.5 Å². The summed E-state index contributed by atoms with van der Waals surface area (Å²) in [5.74, 6) is 0.556. The van der Waals surface area contributed by atoms with Crippen molar-refractivity contribution < 1.29 is 4.39 Å². The molecule has 1 fully saturated rings. The Hall–Kier alpha value is -0.850. The first kappa shape index (κ1) is 5.90. The topological polar surface area (TPSA) is 0 Å². The molecule has 0 amide bonds. The van der Waals surface area contributed by atoms with E-state index < -0.39 is 0 Å². The van der Waals surface area contributed by atoms with Gasteiger partial charge in [-0.2, -0.15) is 0 Å². The maximum Gasteiger partial charge on any atom is 0.123 e. The highest BCUT2D eigenvalue weighted by Crippen LogP contribution is 2.39. The van der Waals surface area contributed by atoms with Crippen molar-refractivity contribution in [3.63, 3.8) is 0 Å². The highest BCUT2D eigenvalue weighted by Gasteiger charge is 2.23. The summed E-state index contributed by atoms with van der Waals surface area (Å²) in [5.41, 5.74) is 1.17. The van der Waals surface area contributed by atoms with Crippen LogP contribution < -0.4 is 0 Å². The van der Waals surface area contributed by atoms with Crippen molar-refractivity contribution >= 4 is 0 Å². The van der Waals surface area contributed by atoms with Crippen molar-refractivity contribution in [2.45, 2.75) is 18.8 Å². The third-order valence-corrected chi connectivity index (χ3v) is 1.90. The van der Waals surface area contributed by atoms with E-state index in [4.69, 9.17) is 0 Å². The Bertz CT molecular complexity index is 238. The number of halogens is 1. The lowest BCUT2D eigenvalue weighted by atomic mass is 10.1. The minimum Gasteiger partial charge on any atom is -0.207 e. The van der Waals surface area contributed by atoms with Crippen LogP contribution in [0.4, 0.5) is 4.39 Å². The van der Waals surface area contributed by atoms with Crippen LogP contribution in [-0.4, -0.2) is 0 Å². The van der Waals surface area contributed by atoms with Gasteiger partial charge in [-0.1, -0.05) is 12.1 Å². The van der Waals surface area contributed by atoms with E-state index in [1.165, 1.54) is 24.5 Å². The van der Waals surface area contributed by atoms with Crippen molar-refractivity contribution in [3.05, 3.63) is 35.6 Å². The molecule has 0 saturated heterocycles. The first-order valence-electron chi connectivity index (χ1n) is 3.62. The molecule has 0 aliphatic heterocycles. The molecule has 0 aromatic heterocycles. The smallest absolute Gasteiger partial charge is 0.123 e. The quantitative estimate of drug-likeness (QED) is 0.556. The number of benzene rings is 1. The van der Waals surface area contributed by atoms with Crippen molar-refractivity contribution in [1.29, 1.82) is 0 Å². The van der Waals surface area contributed by atoms with E-state index in [-0.39, 0.29) is 5.82 Å². The van der Waals surface area contributed by atoms with Crippen LogP contribution in [0.25, 0.3) is 0 Å². The molecule has 1 heteroatoms. The third kappa shape index (κ3) is 1.04. The van der Waals surface area contributed by atoms with Gasteiger partial charge in [0.25, 0.3) is 0 Å². The first-order valence-corrected chi connectivity index (χ1v) is 3.62. The second-order valence-electron chi connectivity index (χ2n) is 2.83. The van der Waals surface area contributed by atoms with Crippen LogP contribution >= 0.6 is 0 Å². The average Bonchev–Trinajstić information content (AvgIpc) is 2.68. The van der Waals surface area contributed by atoms with Crippen LogP contribution in [0.15, 0.2) is 24.3 Å². The number of hydrogen-bond acceptors (Lipinski definition) is 0. The zero-order valence-corrected chi connectivity index (χ0v) is 5.68. The van der Waals surface area contributed by atoms with E-state index in [2.05, 4.69) is 0 Å². The minimum absolute atomic E-state index is 0.107. The fourth-order valence-electron chi connectivity index (χ4n) is 1.18. The molecule has 0 N–H and O–H groups in total. The second kappa shape index (κ2) is 2.08. The molecule has 0 nitrogen and oxygen atoms in total. The van der Waals surface area contributed by atoms with Crippen molar-refractivity contribution in [3.8, 4) is 0 Å². The van der Waals surface area contributed by atoms with Gasteiger partial charge in [0.05, 0.1) is 0 Å². The Morgan fingerprint density at radius 3 is 2.70 bits per heavy atom. The molecule has 0 radical (unpaired) electrons. The maximum atomic E-state index is 12.6. The predicted octanol–water partition coefficient (Wildman–Crippen LogP) is 2.70. The SMILES string of the molecule is Fc1cccc(C2CC2)c1. The maximum absolute atomic E-state index is 12.6. The lowest BCUT2D eigenvalue weighted by Crippen LogP contribution is -1.79. The molecule has 1 aromatic carbocycles. The zero-order valence-electron chi connectivity index (χ0n) is 5.68. The Labute approximate surface area is 59.7 Å². The van der Waals surface area contributed by atoms with E-state index >= 15 is 0 Å². The molecule has 1 aromatic rings. The monoisotopic (exact) mass is 136 g/mol. The summed E-state index contributed by atoms with van der Waals surface area (Å²) in [6.45, 7) is 0. The highest BCUT2D eigenvalue weighted by molar-refractivity contribution is 5.24. The van der Waals surface area contributed by atoms with Crippen LogP contribution in [0, 0.1) is 5.82 Å². The van der Waals surface area contributed by atoms with Gasteiger partial charge in [0, 0.05) is 0 Å². The minimum atomic E-state index is -0.107. The van der Waals surface area contributed by atoms with E-state index in [9.17, 15) is 4.39 Å². The summed E-state index contributed by atoms with van der Waals surface area (Å²) in [5, 5.41) is 0. The van der Waals surface area contributed by atoms with Gasteiger partial charge in [-0.3, -0.25) is 0 Å². The summed E-state index contributed by atoms with van der Waals surface area (Å²) in [4.78, 5) is 0. The summed E-state index contributed by atoms with van der Waals surface area (Å²) >= 11 is 0. The third-order valence-electron chi connectivity index (χ3n) is 1.90. The van der Waals surface area contributed by atoms with Crippen LogP contribution in [0.1, 0.15) is 24.3 Å². The second-order valence-corrected chi connectivity index (χ2v) is 2.83. The van der Waals surface area contributed by atoms with Crippen molar-refractivity contribution in [1.82, 2.24) is 0 Å². The lowest BCUT2D eigenvalue weighted by molar-refractivity contribution is 0.625. The van der Waals surface area contributed by atoms with Gasteiger partial charge in [-0.15, -0.1) is 0 Å². The van der Waals surface area contributed by atoms with Crippen LogP contribution in [0.5, 0.6) is 0 Å². The zero-order chi connectivity index (χ0) is 6.97. The van der Waals surface area contributed by atoms with Gasteiger partial charge in [0.2, 0.25) is 0 Å². The van der Waals surface area contributed by atoms with Gasteiger partial charge < -0.3 is 0 Å². The van der Waals surface area contributed by atoms with Gasteiger partial charge in [0.15, 0.2) is 0 Å². The molecule has 0 bridgehead atoms. The largest absolute Gasteiger partial charge is 0.207 e. The van der Waals surface area contributed by atoms with Gasteiger partial charge in [-0.25, -0.2) is 4.39 Å². The molecular formula is C9H9F. The molecule has 0 spiro atoms. The average molecular weight is 136 g/mol. The Morgan fingerprint density at radius 1 is 1.30 bits per heavy atom. The molecule has 52 valence electrons. The molecular weight excluding hydrogens is 127 g/mol. The first-order chi connectivity index (χ1) is 4.86. The summed E-state index contributed by atoms with van der Waals surface area (Å²) in [7, 11) is 0. The van der Waals surface area contributed by atoms with E-state index in [0.717, 1.165) is 0 Å². The normalized spacial score (nSPS) is 17.3. The Morgan fingerprint density at radius 2 is 2.10 bits per heavy atom. The Kier molecular flexibility index (Phi) is 1.23. The van der Waals surface area contributed by atoms with Crippen LogP contribution in [-0.2, 0) is 0 Å². The summed E-state index contributed by atoms with van der Waals surface area (Å²) in [6.07, 6.45) is 2.48. The molecule has 10 heavy (non-hydrogen) atoms. The number of rotatable bonds is 1. The van der Waals surface area contributed by atoms with Crippen molar-refractivity contribution in [2.75, 3.05) is 0 Å². The fourth-order valence-corrected chi connectivity index (χ4v) is 1.18. The Balaban J connectivity index is 2.32. The van der Waals surface area contributed by atoms with E-state index in [0.29, 0.717) is 5.92 Å². The molecule has 1 saturated carbocycles. The lowest BCUT2D eigenvalue weighted by Gasteiger charge is -1.94. The van der Waals surface area contributed by atoms with Crippen LogP contribution in [0.2, 0.25) is 0 Å². The molecule has 0 unspecified atom stereocenters. The van der Waals surface area contributed by atoms with E-state index in [1.807, 2.05) is 6.07 Å². The van der Waals surface area contributed by atoms with Gasteiger partial charge in [0.1, 0.15) is 5.82 Å². The summed E-state index contributed by atoms with van der Waals surface area (Å²) < 4.78 is 12.6. The predicted molar refractivity (Wildman–Crippen MR) is 38.4 cm³/mol. The van der Waals surface area contributed by atoms with Crippen molar-refractivity contribution in [2.24, 2.45) is 0 Å². The number of hydrogen-bond donors (Lipinski definition) is 0. The standard InChI is InChI=1S/C9H9F/c10-9-3-1-2-8(6-9)7-4-5-7/h1-3,6-7H,4-5H2. The molecule has 1 aliphatic carbocycles. The van der Waals surface area contributed by atoms with Gasteiger partial charge >= 0.3 is 0 Å². The van der Waals surface area contributed by atoms with E-state index in [1.54, 1.807) is 12.1 Å². The van der Waals surface area contributed by atoms with Crippen LogP contribution in [0.3, 0.4) is 0 Å². The molecule has 0 atom stereocenters. The molecule has 0 heterocycles. The fraction of sp³-hybridized carbons (Fsp3) is 0.333.